The summed E-state index contributed by atoms with van der Waals surface area (Å²) in [5.74, 6) is 1.23. The second kappa shape index (κ2) is 8.10. The molecule has 1 saturated heterocycles. The van der Waals surface area contributed by atoms with Gasteiger partial charge in [0.2, 0.25) is 0 Å². The summed E-state index contributed by atoms with van der Waals surface area (Å²) < 4.78 is 10.5. The number of carbonyl (C=O) groups is 1. The van der Waals surface area contributed by atoms with Gasteiger partial charge in [-0.05, 0) is 38.1 Å². The molecule has 1 fully saturated rings. The highest BCUT2D eigenvalue weighted by Gasteiger charge is 2.25. The van der Waals surface area contributed by atoms with Crippen LogP contribution in [0.3, 0.4) is 0 Å². The second-order valence-corrected chi connectivity index (χ2v) is 4.96. The number of nitrogens with one attached hydrogen (secondary N) is 1. The van der Waals surface area contributed by atoms with Gasteiger partial charge in [0, 0.05) is 19.2 Å². The molecule has 2 rings (SSSR count). The summed E-state index contributed by atoms with van der Waals surface area (Å²) in [6.45, 7) is 1.92. The lowest BCUT2D eigenvalue weighted by molar-refractivity contribution is 0.0700. The number of hydrogen-bond acceptors (Lipinski definition) is 4. The van der Waals surface area contributed by atoms with E-state index in [1.54, 1.807) is 32.4 Å². The maximum atomic E-state index is 12.6. The van der Waals surface area contributed by atoms with E-state index in [1.807, 2.05) is 11.9 Å². The summed E-state index contributed by atoms with van der Waals surface area (Å²) in [7, 11) is 5.02. The van der Waals surface area contributed by atoms with Crippen molar-refractivity contribution in [2.45, 2.75) is 18.9 Å². The maximum Gasteiger partial charge on any atom is 0.257 e. The number of hydrogen-bond donors (Lipinski definition) is 1. The third-order valence-electron chi connectivity index (χ3n) is 3.82. The van der Waals surface area contributed by atoms with Crippen molar-refractivity contribution in [1.82, 2.24) is 10.2 Å². The molecule has 0 unspecified atom stereocenters. The van der Waals surface area contributed by atoms with Crippen LogP contribution in [0, 0.1) is 0 Å². The minimum Gasteiger partial charge on any atom is -0.497 e. The van der Waals surface area contributed by atoms with Gasteiger partial charge >= 0.3 is 0 Å². The topological polar surface area (TPSA) is 50.8 Å². The molecule has 0 saturated carbocycles. The fourth-order valence-corrected chi connectivity index (χ4v) is 2.53. The number of benzene rings is 1. The van der Waals surface area contributed by atoms with Crippen LogP contribution in [0.15, 0.2) is 18.2 Å². The van der Waals surface area contributed by atoms with E-state index in [9.17, 15) is 4.79 Å². The van der Waals surface area contributed by atoms with Gasteiger partial charge in [-0.1, -0.05) is 0 Å². The Balaban J connectivity index is 0.00000220. The van der Waals surface area contributed by atoms with Crippen LogP contribution in [0.1, 0.15) is 23.2 Å². The van der Waals surface area contributed by atoms with E-state index < -0.39 is 0 Å². The summed E-state index contributed by atoms with van der Waals surface area (Å²) in [5, 5.41) is 3.31. The Bertz CT molecular complexity index is 476. The van der Waals surface area contributed by atoms with Gasteiger partial charge in [0.05, 0.1) is 19.8 Å². The molecule has 0 aliphatic carbocycles. The number of halogens is 1. The number of amides is 1. The van der Waals surface area contributed by atoms with Crippen molar-refractivity contribution in [2.24, 2.45) is 0 Å². The predicted octanol–water partition coefficient (Wildman–Crippen LogP) is 1.95. The van der Waals surface area contributed by atoms with Gasteiger partial charge in [0.25, 0.3) is 5.91 Å². The summed E-state index contributed by atoms with van der Waals surface area (Å²) in [5.41, 5.74) is 0.578. The number of rotatable bonds is 4. The molecule has 1 amide bonds. The first-order valence-corrected chi connectivity index (χ1v) is 6.87. The lowest BCUT2D eigenvalue weighted by atomic mass is 10.0. The summed E-state index contributed by atoms with van der Waals surface area (Å²) in [6, 6.07) is 5.57. The highest BCUT2D eigenvalue weighted by atomic mass is 35.5. The first kappa shape index (κ1) is 17.6. The number of carbonyl (C=O) groups excluding carboxylic acids is 1. The summed E-state index contributed by atoms with van der Waals surface area (Å²) in [6.07, 6.45) is 1.97. The van der Waals surface area contributed by atoms with E-state index in [0.717, 1.165) is 25.9 Å². The average molecular weight is 315 g/mol. The Morgan fingerprint density at radius 3 is 2.48 bits per heavy atom. The normalized spacial score (nSPS) is 15.0. The fourth-order valence-electron chi connectivity index (χ4n) is 2.53. The van der Waals surface area contributed by atoms with Crippen molar-refractivity contribution in [1.29, 1.82) is 0 Å². The molecule has 1 aromatic rings. The van der Waals surface area contributed by atoms with E-state index in [4.69, 9.17) is 9.47 Å². The van der Waals surface area contributed by atoms with Crippen molar-refractivity contribution in [3.63, 3.8) is 0 Å². The van der Waals surface area contributed by atoms with Gasteiger partial charge < -0.3 is 19.7 Å². The van der Waals surface area contributed by atoms with Crippen LogP contribution >= 0.6 is 12.4 Å². The van der Waals surface area contributed by atoms with Crippen LogP contribution in [-0.2, 0) is 0 Å². The Hall–Kier alpha value is -1.46. The van der Waals surface area contributed by atoms with Gasteiger partial charge in [-0.2, -0.15) is 0 Å². The molecule has 118 valence electrons. The van der Waals surface area contributed by atoms with Crippen LogP contribution in [0.5, 0.6) is 11.5 Å². The Morgan fingerprint density at radius 1 is 1.24 bits per heavy atom. The summed E-state index contributed by atoms with van der Waals surface area (Å²) in [4.78, 5) is 14.4. The van der Waals surface area contributed by atoms with E-state index in [0.29, 0.717) is 17.1 Å². The van der Waals surface area contributed by atoms with Crippen LogP contribution in [-0.4, -0.2) is 51.2 Å². The quantitative estimate of drug-likeness (QED) is 0.923. The maximum absolute atomic E-state index is 12.6. The van der Waals surface area contributed by atoms with Crippen molar-refractivity contribution < 1.29 is 14.3 Å². The van der Waals surface area contributed by atoms with E-state index in [-0.39, 0.29) is 24.4 Å². The molecule has 1 aromatic carbocycles. The molecule has 0 atom stereocenters. The molecule has 1 N–H and O–H groups in total. The number of piperidine rings is 1. The Morgan fingerprint density at radius 2 is 1.90 bits per heavy atom. The molecule has 21 heavy (non-hydrogen) atoms. The standard InChI is InChI=1S/C15H22N2O3.ClH/c1-17(11-6-8-16-9-7-11)15(18)13-5-4-12(19-2)10-14(13)20-3;/h4-5,10-11,16H,6-9H2,1-3H3;1H. The zero-order chi connectivity index (χ0) is 14.5. The van der Waals surface area contributed by atoms with Gasteiger partial charge in [-0.25, -0.2) is 0 Å². The molecule has 0 bridgehead atoms. The number of nitrogens with zero attached hydrogens (tertiary/aromatic N) is 1. The molecule has 0 aromatic heterocycles. The van der Waals surface area contributed by atoms with Crippen molar-refractivity contribution in [3.8, 4) is 11.5 Å². The van der Waals surface area contributed by atoms with Crippen molar-refractivity contribution in [2.75, 3.05) is 34.4 Å². The third kappa shape index (κ3) is 4.02. The first-order chi connectivity index (χ1) is 9.67. The van der Waals surface area contributed by atoms with E-state index in [2.05, 4.69) is 5.32 Å². The van der Waals surface area contributed by atoms with Crippen molar-refractivity contribution >= 4 is 18.3 Å². The molecule has 1 heterocycles. The molecule has 0 radical (unpaired) electrons. The highest BCUT2D eigenvalue weighted by molar-refractivity contribution is 5.97. The predicted molar refractivity (Wildman–Crippen MR) is 84.8 cm³/mol. The van der Waals surface area contributed by atoms with Crippen LogP contribution in [0.2, 0.25) is 0 Å². The highest BCUT2D eigenvalue weighted by Crippen LogP contribution is 2.26. The average Bonchev–Trinajstić information content (AvgIpc) is 2.53. The third-order valence-corrected chi connectivity index (χ3v) is 3.82. The number of methoxy groups -OCH3 is 2. The first-order valence-electron chi connectivity index (χ1n) is 6.87. The van der Waals surface area contributed by atoms with Crippen molar-refractivity contribution in [3.05, 3.63) is 23.8 Å². The zero-order valence-corrected chi connectivity index (χ0v) is 13.5. The monoisotopic (exact) mass is 314 g/mol. The van der Waals surface area contributed by atoms with Gasteiger partial charge in [-0.15, -0.1) is 12.4 Å². The minimum absolute atomic E-state index is 0. The Kier molecular flexibility index (Phi) is 6.78. The lowest BCUT2D eigenvalue weighted by Gasteiger charge is -2.32. The summed E-state index contributed by atoms with van der Waals surface area (Å²) >= 11 is 0. The lowest BCUT2D eigenvalue weighted by Crippen LogP contribution is -2.44. The van der Waals surface area contributed by atoms with Crippen LogP contribution in [0.4, 0.5) is 0 Å². The van der Waals surface area contributed by atoms with Crippen LogP contribution < -0.4 is 14.8 Å². The fraction of sp³-hybridized carbons (Fsp3) is 0.533. The minimum atomic E-state index is -0.00333. The second-order valence-electron chi connectivity index (χ2n) is 4.96. The molecule has 5 nitrogen and oxygen atoms in total. The largest absolute Gasteiger partial charge is 0.497 e. The van der Waals surface area contributed by atoms with Gasteiger partial charge in [0.15, 0.2) is 0 Å². The molecule has 6 heteroatoms. The SMILES string of the molecule is COc1ccc(C(=O)N(C)C2CCNCC2)c(OC)c1.Cl. The van der Waals surface area contributed by atoms with Gasteiger partial charge in [-0.3, -0.25) is 4.79 Å². The zero-order valence-electron chi connectivity index (χ0n) is 12.7. The number of ether oxygens (including phenoxy) is 2. The van der Waals surface area contributed by atoms with E-state index >= 15 is 0 Å². The molecule has 1 aliphatic rings. The molecule has 1 aliphatic heterocycles. The van der Waals surface area contributed by atoms with E-state index in [1.165, 1.54) is 0 Å². The molecule has 0 spiro atoms. The van der Waals surface area contributed by atoms with Crippen LogP contribution in [0.25, 0.3) is 0 Å². The smallest absolute Gasteiger partial charge is 0.257 e. The molecular weight excluding hydrogens is 292 g/mol. The molecular formula is C15H23ClN2O3. The van der Waals surface area contributed by atoms with Gasteiger partial charge in [0.1, 0.15) is 11.5 Å². The Labute approximate surface area is 132 Å².